The smallest absolute Gasteiger partial charge is 0.326 e. The van der Waals surface area contributed by atoms with Crippen LogP contribution >= 0.6 is 11.8 Å². The molecule has 1 aromatic rings. The predicted octanol–water partition coefficient (Wildman–Crippen LogP) is -0.00490. The largest absolute Gasteiger partial charge is 0.480 e. The molecule has 0 radical (unpaired) electrons. The third kappa shape index (κ3) is 7.47. The minimum Gasteiger partial charge on any atom is -0.480 e. The van der Waals surface area contributed by atoms with Gasteiger partial charge in [0.1, 0.15) is 6.04 Å². The second kappa shape index (κ2) is 10.7. The SMILES string of the molecule is CSCC[C@H](NC(=O)CNC(=O)[C@@H](N)Cc1ccccc1)C(=O)O. The zero-order chi connectivity index (χ0) is 17.9. The van der Waals surface area contributed by atoms with Crippen LogP contribution in [-0.4, -0.2) is 53.5 Å². The van der Waals surface area contributed by atoms with Crippen molar-refractivity contribution in [3.05, 3.63) is 35.9 Å². The van der Waals surface area contributed by atoms with Gasteiger partial charge in [0, 0.05) is 0 Å². The maximum absolute atomic E-state index is 11.9. The van der Waals surface area contributed by atoms with Crippen LogP contribution in [0.4, 0.5) is 0 Å². The molecule has 0 heterocycles. The summed E-state index contributed by atoms with van der Waals surface area (Å²) < 4.78 is 0. The summed E-state index contributed by atoms with van der Waals surface area (Å²) in [6.45, 7) is -0.301. The van der Waals surface area contributed by atoms with Crippen LogP contribution in [0.2, 0.25) is 0 Å². The van der Waals surface area contributed by atoms with Crippen LogP contribution in [0.5, 0.6) is 0 Å². The molecule has 0 saturated carbocycles. The molecule has 0 saturated heterocycles. The maximum Gasteiger partial charge on any atom is 0.326 e. The number of carboxylic acids is 1. The Morgan fingerprint density at radius 3 is 2.50 bits per heavy atom. The molecule has 1 rings (SSSR count). The summed E-state index contributed by atoms with van der Waals surface area (Å²) in [7, 11) is 0. The van der Waals surface area contributed by atoms with E-state index in [0.717, 1.165) is 5.56 Å². The number of nitrogens with two attached hydrogens (primary N) is 1. The zero-order valence-corrected chi connectivity index (χ0v) is 14.3. The van der Waals surface area contributed by atoms with Crippen molar-refractivity contribution in [2.75, 3.05) is 18.6 Å². The van der Waals surface area contributed by atoms with E-state index in [2.05, 4.69) is 10.6 Å². The predicted molar refractivity (Wildman–Crippen MR) is 93.7 cm³/mol. The molecule has 0 aliphatic heterocycles. The Kier molecular flexibility index (Phi) is 8.88. The van der Waals surface area contributed by atoms with E-state index in [1.807, 2.05) is 36.6 Å². The fraction of sp³-hybridized carbons (Fsp3) is 0.438. The Bertz CT molecular complexity index is 554. The van der Waals surface area contributed by atoms with E-state index in [0.29, 0.717) is 18.6 Å². The number of rotatable bonds is 10. The molecule has 0 aliphatic rings. The number of amides is 2. The first kappa shape index (κ1) is 20.0. The van der Waals surface area contributed by atoms with Gasteiger partial charge in [-0.15, -0.1) is 0 Å². The summed E-state index contributed by atoms with van der Waals surface area (Å²) in [5.74, 6) is -1.48. The van der Waals surface area contributed by atoms with Crippen LogP contribution in [0.25, 0.3) is 0 Å². The minimum absolute atomic E-state index is 0.301. The van der Waals surface area contributed by atoms with Crippen LogP contribution in [0, 0.1) is 0 Å². The second-order valence-corrected chi connectivity index (χ2v) is 6.24. The van der Waals surface area contributed by atoms with Crippen molar-refractivity contribution < 1.29 is 19.5 Å². The van der Waals surface area contributed by atoms with Gasteiger partial charge in [-0.2, -0.15) is 11.8 Å². The van der Waals surface area contributed by atoms with Gasteiger partial charge in [-0.1, -0.05) is 30.3 Å². The highest BCUT2D eigenvalue weighted by Gasteiger charge is 2.20. The highest BCUT2D eigenvalue weighted by atomic mass is 32.2. The molecule has 0 aromatic heterocycles. The van der Waals surface area contributed by atoms with Gasteiger partial charge in [0.2, 0.25) is 11.8 Å². The topological polar surface area (TPSA) is 122 Å². The van der Waals surface area contributed by atoms with Gasteiger partial charge in [-0.25, -0.2) is 4.79 Å². The molecule has 2 amide bonds. The summed E-state index contributed by atoms with van der Waals surface area (Å²) in [5.41, 5.74) is 6.73. The lowest BCUT2D eigenvalue weighted by Gasteiger charge is -2.15. The molecule has 1 aromatic carbocycles. The van der Waals surface area contributed by atoms with E-state index in [1.54, 1.807) is 0 Å². The van der Waals surface area contributed by atoms with Crippen molar-refractivity contribution >= 4 is 29.5 Å². The summed E-state index contributed by atoms with van der Waals surface area (Å²) in [5, 5.41) is 13.9. The zero-order valence-electron chi connectivity index (χ0n) is 13.5. The molecule has 5 N–H and O–H groups in total. The molecule has 7 nitrogen and oxygen atoms in total. The van der Waals surface area contributed by atoms with Crippen molar-refractivity contribution in [2.24, 2.45) is 5.73 Å². The van der Waals surface area contributed by atoms with Crippen LogP contribution in [0.3, 0.4) is 0 Å². The molecule has 0 aliphatic carbocycles. The van der Waals surface area contributed by atoms with E-state index >= 15 is 0 Å². The van der Waals surface area contributed by atoms with E-state index < -0.39 is 29.9 Å². The monoisotopic (exact) mass is 353 g/mol. The third-order valence-electron chi connectivity index (χ3n) is 3.30. The summed E-state index contributed by atoms with van der Waals surface area (Å²) in [4.78, 5) is 34.7. The fourth-order valence-electron chi connectivity index (χ4n) is 2.00. The number of nitrogens with one attached hydrogen (secondary N) is 2. The number of carbonyl (C=O) groups excluding carboxylic acids is 2. The number of carboxylic acid groups (broad SMARTS) is 1. The highest BCUT2D eigenvalue weighted by molar-refractivity contribution is 7.98. The summed E-state index contributed by atoms with van der Waals surface area (Å²) >= 11 is 1.50. The number of thioether (sulfide) groups is 1. The number of carbonyl (C=O) groups is 3. The Hall–Kier alpha value is -2.06. The number of hydrogen-bond acceptors (Lipinski definition) is 5. The van der Waals surface area contributed by atoms with E-state index in [-0.39, 0.29) is 6.54 Å². The molecule has 2 atom stereocenters. The normalized spacial score (nSPS) is 12.9. The average molecular weight is 353 g/mol. The van der Waals surface area contributed by atoms with E-state index in [9.17, 15) is 14.4 Å². The van der Waals surface area contributed by atoms with Gasteiger partial charge < -0.3 is 21.5 Å². The standard InChI is InChI=1S/C16H23N3O4S/c1-24-8-7-13(16(22)23)19-14(20)10-18-15(21)12(17)9-11-5-3-2-4-6-11/h2-6,12-13H,7-10,17H2,1H3,(H,18,21)(H,19,20)(H,22,23)/t12-,13-/m0/s1. The second-order valence-electron chi connectivity index (χ2n) is 5.25. The van der Waals surface area contributed by atoms with Gasteiger partial charge in [0.15, 0.2) is 0 Å². The van der Waals surface area contributed by atoms with Crippen molar-refractivity contribution in [1.82, 2.24) is 10.6 Å². The molecule has 24 heavy (non-hydrogen) atoms. The van der Waals surface area contributed by atoms with Crippen molar-refractivity contribution in [2.45, 2.75) is 24.9 Å². The Morgan fingerprint density at radius 1 is 1.25 bits per heavy atom. The Morgan fingerprint density at radius 2 is 1.92 bits per heavy atom. The number of aliphatic carboxylic acids is 1. The first-order valence-electron chi connectivity index (χ1n) is 7.52. The third-order valence-corrected chi connectivity index (χ3v) is 3.95. The molecule has 0 unspecified atom stereocenters. The average Bonchev–Trinajstić information content (AvgIpc) is 2.57. The number of benzene rings is 1. The lowest BCUT2D eigenvalue weighted by molar-refractivity contribution is -0.141. The fourth-order valence-corrected chi connectivity index (χ4v) is 2.47. The molecule has 0 bridgehead atoms. The number of hydrogen-bond donors (Lipinski definition) is 4. The van der Waals surface area contributed by atoms with Crippen LogP contribution in [-0.2, 0) is 20.8 Å². The van der Waals surface area contributed by atoms with E-state index in [4.69, 9.17) is 10.8 Å². The first-order chi connectivity index (χ1) is 11.4. The van der Waals surface area contributed by atoms with Crippen molar-refractivity contribution in [3.8, 4) is 0 Å². The van der Waals surface area contributed by atoms with Gasteiger partial charge in [-0.05, 0) is 30.4 Å². The minimum atomic E-state index is -1.09. The molecular formula is C16H23N3O4S. The first-order valence-corrected chi connectivity index (χ1v) is 8.91. The van der Waals surface area contributed by atoms with Gasteiger partial charge in [0.25, 0.3) is 0 Å². The lowest BCUT2D eigenvalue weighted by Crippen LogP contribution is -2.49. The molecule has 132 valence electrons. The van der Waals surface area contributed by atoms with Crippen molar-refractivity contribution in [3.63, 3.8) is 0 Å². The molecule has 0 spiro atoms. The summed E-state index contributed by atoms with van der Waals surface area (Å²) in [6, 6.07) is 7.58. The summed E-state index contributed by atoms with van der Waals surface area (Å²) in [6.07, 6.45) is 2.54. The quantitative estimate of drug-likeness (QED) is 0.470. The van der Waals surface area contributed by atoms with Gasteiger partial charge in [-0.3, -0.25) is 9.59 Å². The van der Waals surface area contributed by atoms with Gasteiger partial charge in [0.05, 0.1) is 12.6 Å². The Balaban J connectivity index is 2.39. The van der Waals surface area contributed by atoms with E-state index in [1.165, 1.54) is 11.8 Å². The van der Waals surface area contributed by atoms with Gasteiger partial charge >= 0.3 is 5.97 Å². The molecule has 8 heteroatoms. The molecule has 0 fully saturated rings. The lowest BCUT2D eigenvalue weighted by atomic mass is 10.1. The molecular weight excluding hydrogens is 330 g/mol. The van der Waals surface area contributed by atoms with Crippen LogP contribution < -0.4 is 16.4 Å². The maximum atomic E-state index is 11.9. The Labute approximate surface area is 145 Å². The van der Waals surface area contributed by atoms with Crippen LogP contribution in [0.15, 0.2) is 30.3 Å². The highest BCUT2D eigenvalue weighted by Crippen LogP contribution is 2.02. The van der Waals surface area contributed by atoms with Crippen molar-refractivity contribution in [1.29, 1.82) is 0 Å². The van der Waals surface area contributed by atoms with Crippen LogP contribution in [0.1, 0.15) is 12.0 Å².